The van der Waals surface area contributed by atoms with Crippen LogP contribution in [0.4, 0.5) is 0 Å². The van der Waals surface area contributed by atoms with Gasteiger partial charge in [-0.2, -0.15) is 0 Å². The van der Waals surface area contributed by atoms with Gasteiger partial charge in [-0.05, 0) is 18.2 Å². The topological polar surface area (TPSA) is 35.0 Å². The van der Waals surface area contributed by atoms with Gasteiger partial charge in [-0.15, -0.1) is 0 Å². The molecule has 0 amide bonds. The lowest BCUT2D eigenvalue weighted by molar-refractivity contribution is 0.245. The second kappa shape index (κ2) is 2.37. The van der Waals surface area contributed by atoms with Gasteiger partial charge in [-0.3, -0.25) is 0 Å². The average Bonchev–Trinajstić information content (AvgIpc) is 2.47. The number of nitrogens with zero attached hydrogens (tertiary/aromatic N) is 2. The van der Waals surface area contributed by atoms with Crippen molar-refractivity contribution >= 4 is 11.0 Å². The minimum Gasteiger partial charge on any atom is -0.468 e. The van der Waals surface area contributed by atoms with Crippen LogP contribution in [0.1, 0.15) is 11.6 Å². The van der Waals surface area contributed by atoms with Gasteiger partial charge < -0.3 is 4.74 Å². The van der Waals surface area contributed by atoms with Crippen LogP contribution < -0.4 is 4.74 Å². The molecule has 4 rings (SSSR count). The summed E-state index contributed by atoms with van der Waals surface area (Å²) in [6, 6.07) is 7.89. The van der Waals surface area contributed by atoms with Crippen molar-refractivity contribution in [3.63, 3.8) is 0 Å². The molecule has 2 atom stereocenters. The molecule has 2 aliphatic rings. The number of fused-ring (bicyclic) bond motifs is 4. The molecule has 15 heavy (non-hydrogen) atoms. The Morgan fingerprint density at radius 2 is 1.80 bits per heavy atom. The monoisotopic (exact) mass is 196 g/mol. The molecule has 1 aliphatic heterocycles. The molecule has 2 heterocycles. The zero-order valence-corrected chi connectivity index (χ0v) is 7.92. The highest BCUT2D eigenvalue weighted by atomic mass is 16.5. The van der Waals surface area contributed by atoms with E-state index < -0.39 is 0 Å². The largest absolute Gasteiger partial charge is 0.468 e. The molecular weight excluding hydrogens is 188 g/mol. The summed E-state index contributed by atoms with van der Waals surface area (Å²) in [6.07, 6.45) is 4.36. The Hall–Kier alpha value is -1.90. The SMILES string of the molecule is C1=CC2c3nc4ccccc4nc3OC12. The Balaban J connectivity index is 2.03. The molecule has 1 aliphatic carbocycles. The number of rotatable bonds is 0. The summed E-state index contributed by atoms with van der Waals surface area (Å²) in [5, 5.41) is 0. The van der Waals surface area contributed by atoms with Crippen molar-refractivity contribution in [3.05, 3.63) is 42.1 Å². The molecule has 0 fully saturated rings. The quantitative estimate of drug-likeness (QED) is 0.605. The second-order valence-corrected chi connectivity index (χ2v) is 3.90. The van der Waals surface area contributed by atoms with E-state index in [0.717, 1.165) is 16.7 Å². The van der Waals surface area contributed by atoms with E-state index >= 15 is 0 Å². The summed E-state index contributed by atoms with van der Waals surface area (Å²) in [4.78, 5) is 9.07. The number of hydrogen-bond donors (Lipinski definition) is 0. The van der Waals surface area contributed by atoms with Crippen molar-refractivity contribution in [1.29, 1.82) is 0 Å². The van der Waals surface area contributed by atoms with Crippen LogP contribution in [0.5, 0.6) is 5.88 Å². The molecule has 0 N–H and O–H groups in total. The third-order valence-electron chi connectivity index (χ3n) is 2.99. The van der Waals surface area contributed by atoms with Gasteiger partial charge >= 0.3 is 0 Å². The summed E-state index contributed by atoms with van der Waals surface area (Å²) in [5.74, 6) is 1.03. The Bertz CT molecular complexity index is 591. The van der Waals surface area contributed by atoms with E-state index in [9.17, 15) is 0 Å². The number of ether oxygens (including phenoxy) is 1. The third kappa shape index (κ3) is 0.850. The molecule has 0 spiro atoms. The lowest BCUT2D eigenvalue weighted by Gasteiger charge is -2.18. The zero-order chi connectivity index (χ0) is 9.83. The summed E-state index contributed by atoms with van der Waals surface area (Å²) < 4.78 is 5.65. The van der Waals surface area contributed by atoms with Gasteiger partial charge in [-0.1, -0.05) is 18.2 Å². The van der Waals surface area contributed by atoms with Crippen molar-refractivity contribution in [3.8, 4) is 5.88 Å². The highest BCUT2D eigenvalue weighted by molar-refractivity contribution is 5.75. The Morgan fingerprint density at radius 1 is 1.00 bits per heavy atom. The molecule has 72 valence electrons. The zero-order valence-electron chi connectivity index (χ0n) is 7.92. The van der Waals surface area contributed by atoms with Gasteiger partial charge in [-0.25, -0.2) is 9.97 Å². The lowest BCUT2D eigenvalue weighted by atomic mass is 9.91. The second-order valence-electron chi connectivity index (χ2n) is 3.90. The fourth-order valence-corrected chi connectivity index (χ4v) is 2.10. The summed E-state index contributed by atoms with van der Waals surface area (Å²) in [5.41, 5.74) is 2.83. The Labute approximate surface area is 86.4 Å². The van der Waals surface area contributed by atoms with Crippen LogP contribution in [0.15, 0.2) is 36.4 Å². The molecule has 3 nitrogen and oxygen atoms in total. The Kier molecular flexibility index (Phi) is 1.17. The standard InChI is InChI=1S/C12H8N2O/c1-2-4-9-8(3-1)13-11-7-5-6-10(7)15-12(11)14-9/h1-7,10H. The molecule has 2 aromatic rings. The third-order valence-corrected chi connectivity index (χ3v) is 2.99. The van der Waals surface area contributed by atoms with Gasteiger partial charge in [0, 0.05) is 0 Å². The minimum absolute atomic E-state index is 0.178. The predicted molar refractivity (Wildman–Crippen MR) is 55.8 cm³/mol. The van der Waals surface area contributed by atoms with E-state index in [1.165, 1.54) is 0 Å². The molecular formula is C12H8N2O. The molecule has 1 aromatic carbocycles. The maximum atomic E-state index is 5.65. The first kappa shape index (κ1) is 7.40. The molecule has 0 saturated carbocycles. The normalized spacial score (nSPS) is 25.6. The fraction of sp³-hybridized carbons (Fsp3) is 0.167. The van der Waals surface area contributed by atoms with Crippen LogP contribution in [0, 0.1) is 0 Å². The van der Waals surface area contributed by atoms with E-state index in [4.69, 9.17) is 4.74 Å². The number of aromatic nitrogens is 2. The van der Waals surface area contributed by atoms with Crippen molar-refractivity contribution in [2.45, 2.75) is 12.0 Å². The first-order valence-electron chi connectivity index (χ1n) is 5.03. The van der Waals surface area contributed by atoms with Crippen LogP contribution in [-0.4, -0.2) is 16.1 Å². The molecule has 1 aromatic heterocycles. The average molecular weight is 196 g/mol. The van der Waals surface area contributed by atoms with Crippen LogP contribution in [0.25, 0.3) is 11.0 Å². The Morgan fingerprint density at radius 3 is 2.53 bits per heavy atom. The fourth-order valence-electron chi connectivity index (χ4n) is 2.10. The van der Waals surface area contributed by atoms with Crippen molar-refractivity contribution in [1.82, 2.24) is 9.97 Å². The predicted octanol–water partition coefficient (Wildman–Crippen LogP) is 2.04. The highest BCUT2D eigenvalue weighted by Crippen LogP contribution is 2.42. The van der Waals surface area contributed by atoms with Crippen LogP contribution in [-0.2, 0) is 0 Å². The maximum absolute atomic E-state index is 5.65. The van der Waals surface area contributed by atoms with Crippen molar-refractivity contribution in [2.24, 2.45) is 0 Å². The first-order chi connectivity index (χ1) is 7.42. The molecule has 2 unspecified atom stereocenters. The molecule has 0 radical (unpaired) electrons. The maximum Gasteiger partial charge on any atom is 0.237 e. The van der Waals surface area contributed by atoms with Crippen molar-refractivity contribution < 1.29 is 4.74 Å². The van der Waals surface area contributed by atoms with Crippen LogP contribution in [0.2, 0.25) is 0 Å². The smallest absolute Gasteiger partial charge is 0.237 e. The van der Waals surface area contributed by atoms with Gasteiger partial charge in [0.15, 0.2) is 0 Å². The molecule has 3 heteroatoms. The van der Waals surface area contributed by atoms with Gasteiger partial charge in [0.2, 0.25) is 5.88 Å². The number of para-hydroxylation sites is 2. The molecule has 0 saturated heterocycles. The lowest BCUT2D eigenvalue weighted by Crippen LogP contribution is -2.21. The summed E-state index contributed by atoms with van der Waals surface area (Å²) >= 11 is 0. The first-order valence-corrected chi connectivity index (χ1v) is 5.03. The van der Waals surface area contributed by atoms with E-state index in [1.54, 1.807) is 0 Å². The van der Waals surface area contributed by atoms with Crippen LogP contribution >= 0.6 is 0 Å². The van der Waals surface area contributed by atoms with Crippen molar-refractivity contribution in [2.75, 3.05) is 0 Å². The van der Waals surface area contributed by atoms with E-state index in [0.29, 0.717) is 11.8 Å². The van der Waals surface area contributed by atoms with Gasteiger partial charge in [0.05, 0.1) is 17.0 Å². The van der Waals surface area contributed by atoms with Gasteiger partial charge in [0.25, 0.3) is 0 Å². The summed E-state index contributed by atoms with van der Waals surface area (Å²) in [7, 11) is 0. The van der Waals surface area contributed by atoms with E-state index in [1.807, 2.05) is 24.3 Å². The number of benzene rings is 1. The van der Waals surface area contributed by atoms with E-state index in [2.05, 4.69) is 22.1 Å². The highest BCUT2D eigenvalue weighted by Gasteiger charge is 2.39. The number of hydrogen-bond acceptors (Lipinski definition) is 3. The summed E-state index contributed by atoms with van der Waals surface area (Å²) in [6.45, 7) is 0. The van der Waals surface area contributed by atoms with Gasteiger partial charge in [0.1, 0.15) is 11.8 Å². The van der Waals surface area contributed by atoms with Crippen LogP contribution in [0.3, 0.4) is 0 Å². The van der Waals surface area contributed by atoms with E-state index in [-0.39, 0.29) is 6.10 Å². The minimum atomic E-state index is 0.178. The molecule has 0 bridgehead atoms.